The van der Waals surface area contributed by atoms with Crippen LogP contribution in [0.5, 0.6) is 5.75 Å². The van der Waals surface area contributed by atoms with Gasteiger partial charge in [-0.05, 0) is 58.3 Å². The molecule has 1 heterocycles. The van der Waals surface area contributed by atoms with Crippen molar-refractivity contribution < 1.29 is 14.5 Å². The van der Waals surface area contributed by atoms with Gasteiger partial charge in [0.2, 0.25) is 0 Å². The van der Waals surface area contributed by atoms with Crippen molar-refractivity contribution in [2.75, 3.05) is 38.7 Å². The Labute approximate surface area is 201 Å². The van der Waals surface area contributed by atoms with E-state index in [1.807, 2.05) is 44.1 Å². The number of hydrogen-bond donors (Lipinski definition) is 0. The lowest BCUT2D eigenvalue weighted by Gasteiger charge is -2.21. The molecule has 0 spiro atoms. The molecule has 0 fully saturated rings. The fourth-order valence-electron chi connectivity index (χ4n) is 3.11. The van der Waals surface area contributed by atoms with Crippen LogP contribution in [0, 0.1) is 10.1 Å². The van der Waals surface area contributed by atoms with E-state index >= 15 is 0 Å². The Bertz CT molecular complexity index is 1110. The Kier molecular flexibility index (Phi) is 9.21. The number of anilines is 1. The van der Waals surface area contributed by atoms with Crippen LogP contribution in [-0.4, -0.2) is 54.5 Å². The predicted molar refractivity (Wildman–Crippen MR) is 131 cm³/mol. The monoisotopic (exact) mass is 498 g/mol. The number of fused-ring (bicyclic) bond motifs is 1. The van der Waals surface area contributed by atoms with E-state index in [2.05, 4.69) is 4.98 Å². The van der Waals surface area contributed by atoms with Crippen molar-refractivity contribution in [2.45, 2.75) is 13.3 Å². The van der Waals surface area contributed by atoms with Crippen molar-refractivity contribution in [3.63, 3.8) is 0 Å². The van der Waals surface area contributed by atoms with E-state index in [1.165, 1.54) is 34.4 Å². The summed E-state index contributed by atoms with van der Waals surface area (Å²) in [5, 5.41) is 12.2. The average molecular weight is 499 g/mol. The number of thiazole rings is 1. The third-order valence-corrected chi connectivity index (χ3v) is 5.80. The second-order valence-corrected chi connectivity index (χ2v) is 8.51. The minimum Gasteiger partial charge on any atom is -0.492 e. The zero-order valence-electron chi connectivity index (χ0n) is 17.9. The smallest absolute Gasteiger partial charge is 0.282 e. The number of aromatic nitrogens is 1. The summed E-state index contributed by atoms with van der Waals surface area (Å²) >= 11 is 7.40. The van der Waals surface area contributed by atoms with Crippen molar-refractivity contribution in [3.8, 4) is 5.75 Å². The number of nitrogens with zero attached hydrogens (tertiary/aromatic N) is 4. The van der Waals surface area contributed by atoms with Gasteiger partial charge in [-0.3, -0.25) is 19.8 Å². The Morgan fingerprint density at radius 2 is 2.00 bits per heavy atom. The van der Waals surface area contributed by atoms with Gasteiger partial charge in [-0.25, -0.2) is 4.98 Å². The average Bonchev–Trinajstić information content (AvgIpc) is 3.15. The molecule has 0 saturated heterocycles. The van der Waals surface area contributed by atoms with E-state index in [0.717, 1.165) is 11.2 Å². The second-order valence-electron chi connectivity index (χ2n) is 7.06. The normalized spacial score (nSPS) is 10.8. The van der Waals surface area contributed by atoms with Crippen LogP contribution in [0.25, 0.3) is 10.2 Å². The summed E-state index contributed by atoms with van der Waals surface area (Å²) in [5.41, 5.74) is 0.310. The Morgan fingerprint density at radius 3 is 2.66 bits per heavy atom. The first kappa shape index (κ1) is 25.8. The van der Waals surface area contributed by atoms with E-state index in [1.54, 1.807) is 0 Å². The van der Waals surface area contributed by atoms with Crippen LogP contribution in [0.4, 0.5) is 10.8 Å². The molecule has 0 unspecified atom stereocenters. The molecule has 3 rings (SSSR count). The first-order valence-corrected chi connectivity index (χ1v) is 10.9. The number of halogens is 2. The maximum atomic E-state index is 13.5. The molecule has 3 aromatic rings. The largest absolute Gasteiger partial charge is 0.492 e. The number of benzene rings is 2. The molecule has 0 bridgehead atoms. The van der Waals surface area contributed by atoms with Crippen molar-refractivity contribution in [1.82, 2.24) is 9.88 Å². The van der Waals surface area contributed by atoms with E-state index < -0.39 is 10.8 Å². The number of carbonyl (C=O) groups is 1. The first-order valence-electron chi connectivity index (χ1n) is 9.74. The van der Waals surface area contributed by atoms with Crippen LogP contribution in [0.2, 0.25) is 5.02 Å². The summed E-state index contributed by atoms with van der Waals surface area (Å²) in [6.07, 6.45) is 0.668. The van der Waals surface area contributed by atoms with Crippen LogP contribution in [0.1, 0.15) is 23.7 Å². The van der Waals surface area contributed by atoms with E-state index in [-0.39, 0.29) is 28.7 Å². The van der Waals surface area contributed by atoms with Crippen LogP contribution in [0.15, 0.2) is 36.4 Å². The fraction of sp³-hybridized carbons (Fsp3) is 0.333. The Morgan fingerprint density at radius 1 is 1.25 bits per heavy atom. The molecule has 0 aliphatic heterocycles. The highest BCUT2D eigenvalue weighted by molar-refractivity contribution is 7.22. The molecule has 0 aliphatic rings. The third kappa shape index (κ3) is 5.86. The van der Waals surface area contributed by atoms with Gasteiger partial charge in [0.15, 0.2) is 5.13 Å². The molecule has 172 valence electrons. The van der Waals surface area contributed by atoms with Crippen molar-refractivity contribution in [2.24, 2.45) is 0 Å². The SMILES string of the molecule is CCOc1cccc2sc(N(CCCN(C)C)C(=O)c3cc(Cl)ccc3[N+](=O)[O-])nc12.Cl. The molecule has 0 saturated carbocycles. The summed E-state index contributed by atoms with van der Waals surface area (Å²) in [6.45, 7) is 3.48. The molecule has 1 aromatic heterocycles. The maximum Gasteiger partial charge on any atom is 0.282 e. The number of rotatable bonds is 9. The van der Waals surface area contributed by atoms with E-state index in [0.29, 0.717) is 36.0 Å². The lowest BCUT2D eigenvalue weighted by molar-refractivity contribution is -0.385. The zero-order valence-corrected chi connectivity index (χ0v) is 20.3. The Balaban J connectivity index is 0.00000363. The molecule has 11 heteroatoms. The topological polar surface area (TPSA) is 88.8 Å². The van der Waals surface area contributed by atoms with Crippen LogP contribution < -0.4 is 9.64 Å². The second kappa shape index (κ2) is 11.4. The number of carbonyl (C=O) groups excluding carboxylic acids is 1. The minimum atomic E-state index is -0.576. The van der Waals surface area contributed by atoms with Crippen LogP contribution >= 0.6 is 35.3 Å². The number of hydrogen-bond acceptors (Lipinski definition) is 7. The standard InChI is InChI=1S/C21H23ClN4O4S.ClH/c1-4-30-17-7-5-8-18-19(17)23-21(31-18)25(12-6-11-24(2)3)20(27)15-13-14(22)9-10-16(15)26(28)29;/h5,7-10,13H,4,6,11-12H2,1-3H3;1H. The van der Waals surface area contributed by atoms with Gasteiger partial charge in [-0.15, -0.1) is 12.4 Å². The summed E-state index contributed by atoms with van der Waals surface area (Å²) in [4.78, 5) is 32.6. The molecular weight excluding hydrogens is 475 g/mol. The molecule has 32 heavy (non-hydrogen) atoms. The lowest BCUT2D eigenvalue weighted by Crippen LogP contribution is -2.33. The quantitative estimate of drug-likeness (QED) is 0.294. The molecular formula is C21H24Cl2N4O4S. The van der Waals surface area contributed by atoms with Crippen molar-refractivity contribution in [1.29, 1.82) is 0 Å². The number of nitro groups is 1. The first-order chi connectivity index (χ1) is 14.8. The lowest BCUT2D eigenvalue weighted by atomic mass is 10.1. The summed E-state index contributed by atoms with van der Waals surface area (Å²) in [6, 6.07) is 9.59. The third-order valence-electron chi connectivity index (χ3n) is 4.52. The van der Waals surface area contributed by atoms with E-state index in [9.17, 15) is 14.9 Å². The highest BCUT2D eigenvalue weighted by atomic mass is 35.5. The van der Waals surface area contributed by atoms with Gasteiger partial charge in [-0.1, -0.05) is 29.0 Å². The fourth-order valence-corrected chi connectivity index (χ4v) is 4.29. The highest BCUT2D eigenvalue weighted by Crippen LogP contribution is 2.35. The molecule has 1 amide bonds. The number of nitro benzene ring substituents is 1. The minimum absolute atomic E-state index is 0. The molecule has 2 aromatic carbocycles. The number of para-hydroxylation sites is 1. The molecule has 0 atom stereocenters. The number of ether oxygens (including phenoxy) is 1. The van der Waals surface area contributed by atoms with Crippen molar-refractivity contribution in [3.05, 3.63) is 57.1 Å². The van der Waals surface area contributed by atoms with Gasteiger partial charge in [0, 0.05) is 17.6 Å². The van der Waals surface area contributed by atoms with Gasteiger partial charge in [0.25, 0.3) is 11.6 Å². The molecule has 0 radical (unpaired) electrons. The van der Waals surface area contributed by atoms with Crippen LogP contribution in [-0.2, 0) is 0 Å². The molecule has 0 N–H and O–H groups in total. The Hall–Kier alpha value is -2.46. The maximum absolute atomic E-state index is 13.5. The predicted octanol–water partition coefficient (Wildman–Crippen LogP) is 5.28. The van der Waals surface area contributed by atoms with Gasteiger partial charge < -0.3 is 9.64 Å². The van der Waals surface area contributed by atoms with E-state index in [4.69, 9.17) is 16.3 Å². The zero-order chi connectivity index (χ0) is 22.5. The molecule has 8 nitrogen and oxygen atoms in total. The molecule has 0 aliphatic carbocycles. The van der Waals surface area contributed by atoms with Gasteiger partial charge in [0.05, 0.1) is 16.2 Å². The highest BCUT2D eigenvalue weighted by Gasteiger charge is 2.28. The summed E-state index contributed by atoms with van der Waals surface area (Å²) in [5.74, 6) is 0.127. The van der Waals surface area contributed by atoms with Gasteiger partial charge in [0.1, 0.15) is 16.8 Å². The number of amides is 1. The summed E-state index contributed by atoms with van der Waals surface area (Å²) < 4.78 is 6.53. The van der Waals surface area contributed by atoms with Crippen molar-refractivity contribution >= 4 is 62.3 Å². The van der Waals surface area contributed by atoms with Gasteiger partial charge >= 0.3 is 0 Å². The summed E-state index contributed by atoms with van der Waals surface area (Å²) in [7, 11) is 3.89. The van der Waals surface area contributed by atoms with Gasteiger partial charge in [-0.2, -0.15) is 0 Å². The van der Waals surface area contributed by atoms with Crippen LogP contribution in [0.3, 0.4) is 0 Å².